The topological polar surface area (TPSA) is 12.5 Å². The van der Waals surface area contributed by atoms with Gasteiger partial charge in [-0.1, -0.05) is 0 Å². The maximum absolute atomic E-state index is 5.28. The molecule has 1 fully saturated rings. The fraction of sp³-hybridized carbons (Fsp3) is 1.00. The highest BCUT2D eigenvalue weighted by Crippen LogP contribution is 2.22. The Labute approximate surface area is 69.2 Å². The zero-order valence-corrected chi connectivity index (χ0v) is 7.85. The van der Waals surface area contributed by atoms with Gasteiger partial charge in [0.15, 0.2) is 0 Å². The average molecular weight is 166 g/mol. The third kappa shape index (κ3) is 3.40. The summed E-state index contributed by atoms with van der Waals surface area (Å²) in [4.78, 5) is 0. The molecule has 2 unspecified atom stereocenters. The molecule has 0 aromatic rings. The van der Waals surface area contributed by atoms with Gasteiger partial charge in [0, 0.05) is 0 Å². The SMILES string of the molecule is CC1OC1C[N+](C)(C)C.[Cl-]. The third-order valence-corrected chi connectivity index (χ3v) is 1.56. The van der Waals surface area contributed by atoms with Crippen LogP contribution in [0.1, 0.15) is 6.92 Å². The molecule has 1 heterocycles. The van der Waals surface area contributed by atoms with Crippen LogP contribution >= 0.6 is 0 Å². The van der Waals surface area contributed by atoms with Crippen molar-refractivity contribution in [3.8, 4) is 0 Å². The number of rotatable bonds is 2. The van der Waals surface area contributed by atoms with Crippen LogP contribution in [0.5, 0.6) is 0 Å². The first-order valence-corrected chi connectivity index (χ1v) is 3.45. The molecule has 0 amide bonds. The van der Waals surface area contributed by atoms with Gasteiger partial charge in [0.2, 0.25) is 0 Å². The van der Waals surface area contributed by atoms with Gasteiger partial charge < -0.3 is 21.6 Å². The van der Waals surface area contributed by atoms with E-state index in [0.29, 0.717) is 12.2 Å². The molecule has 3 heteroatoms. The number of quaternary nitrogens is 1. The summed E-state index contributed by atoms with van der Waals surface area (Å²) in [6, 6.07) is 0. The summed E-state index contributed by atoms with van der Waals surface area (Å²) in [6.45, 7) is 3.27. The Morgan fingerprint density at radius 2 is 1.70 bits per heavy atom. The highest BCUT2D eigenvalue weighted by atomic mass is 35.5. The zero-order valence-electron chi connectivity index (χ0n) is 7.10. The van der Waals surface area contributed by atoms with E-state index < -0.39 is 0 Å². The average Bonchev–Trinajstić information content (AvgIpc) is 2.13. The number of hydrogen-bond donors (Lipinski definition) is 0. The Kier molecular flexibility index (Phi) is 3.14. The highest BCUT2D eigenvalue weighted by molar-refractivity contribution is 4.79. The molecule has 10 heavy (non-hydrogen) atoms. The van der Waals surface area contributed by atoms with Crippen LogP contribution in [-0.2, 0) is 4.74 Å². The predicted octanol–water partition coefficient (Wildman–Crippen LogP) is -2.52. The van der Waals surface area contributed by atoms with Crippen LogP contribution in [0, 0.1) is 0 Å². The van der Waals surface area contributed by atoms with Crippen molar-refractivity contribution in [2.75, 3.05) is 27.7 Å². The van der Waals surface area contributed by atoms with Crippen molar-refractivity contribution >= 4 is 0 Å². The van der Waals surface area contributed by atoms with Crippen molar-refractivity contribution in [3.05, 3.63) is 0 Å². The van der Waals surface area contributed by atoms with Gasteiger partial charge in [-0.2, -0.15) is 0 Å². The van der Waals surface area contributed by atoms with E-state index in [1.807, 2.05) is 0 Å². The van der Waals surface area contributed by atoms with E-state index in [-0.39, 0.29) is 12.4 Å². The Hall–Kier alpha value is 0.210. The third-order valence-electron chi connectivity index (χ3n) is 1.56. The predicted molar refractivity (Wildman–Crippen MR) is 37.2 cm³/mol. The van der Waals surface area contributed by atoms with Crippen molar-refractivity contribution < 1.29 is 21.6 Å². The van der Waals surface area contributed by atoms with E-state index in [2.05, 4.69) is 28.1 Å². The van der Waals surface area contributed by atoms with Gasteiger partial charge in [0.05, 0.1) is 27.2 Å². The lowest BCUT2D eigenvalue weighted by molar-refractivity contribution is -0.870. The van der Waals surface area contributed by atoms with Crippen molar-refractivity contribution in [1.82, 2.24) is 0 Å². The van der Waals surface area contributed by atoms with Crippen molar-refractivity contribution in [3.63, 3.8) is 0 Å². The summed E-state index contributed by atoms with van der Waals surface area (Å²) < 4.78 is 6.29. The highest BCUT2D eigenvalue weighted by Gasteiger charge is 2.38. The molecule has 0 aliphatic carbocycles. The molecule has 0 saturated carbocycles. The number of nitrogens with zero attached hydrogens (tertiary/aromatic N) is 1. The number of hydrogen-bond acceptors (Lipinski definition) is 1. The Bertz CT molecular complexity index is 111. The molecule has 0 radical (unpaired) electrons. The van der Waals surface area contributed by atoms with E-state index in [4.69, 9.17) is 4.74 Å². The Morgan fingerprint density at radius 1 is 1.30 bits per heavy atom. The number of halogens is 1. The van der Waals surface area contributed by atoms with E-state index in [0.717, 1.165) is 11.0 Å². The monoisotopic (exact) mass is 165 g/mol. The molecule has 1 rings (SSSR count). The molecule has 1 aliphatic rings. The minimum atomic E-state index is 0. The quantitative estimate of drug-likeness (QED) is 0.325. The molecule has 1 aliphatic heterocycles. The largest absolute Gasteiger partial charge is 1.00 e. The Balaban J connectivity index is 0.000000810. The minimum Gasteiger partial charge on any atom is -1.00 e. The van der Waals surface area contributed by atoms with Crippen molar-refractivity contribution in [1.29, 1.82) is 0 Å². The van der Waals surface area contributed by atoms with Crippen LogP contribution in [0.25, 0.3) is 0 Å². The second-order valence-corrected chi connectivity index (χ2v) is 3.85. The number of epoxide rings is 1. The molecule has 2 atom stereocenters. The normalized spacial score (nSPS) is 31.2. The standard InChI is InChI=1S/C7H16NO.ClH/c1-6-7(9-6)5-8(2,3)4;/h6-7H,5H2,1-4H3;1H/q+1;/p-1. The van der Waals surface area contributed by atoms with Crippen LogP contribution < -0.4 is 12.4 Å². The lowest BCUT2D eigenvalue weighted by Gasteiger charge is -2.22. The van der Waals surface area contributed by atoms with Gasteiger partial charge >= 0.3 is 0 Å². The lowest BCUT2D eigenvalue weighted by atomic mass is 10.3. The summed E-state index contributed by atoms with van der Waals surface area (Å²) in [5, 5.41) is 0. The first kappa shape index (κ1) is 10.2. The molecule has 2 nitrogen and oxygen atoms in total. The van der Waals surface area contributed by atoms with Gasteiger partial charge in [-0.25, -0.2) is 0 Å². The molecule has 0 aromatic heterocycles. The summed E-state index contributed by atoms with van der Waals surface area (Å²) in [7, 11) is 6.57. The lowest BCUT2D eigenvalue weighted by Crippen LogP contribution is -3.00. The summed E-state index contributed by atoms with van der Waals surface area (Å²) in [5.74, 6) is 0. The molecule has 0 bridgehead atoms. The van der Waals surface area contributed by atoms with E-state index in [9.17, 15) is 0 Å². The van der Waals surface area contributed by atoms with Crippen LogP contribution in [0.4, 0.5) is 0 Å². The maximum atomic E-state index is 5.28. The fourth-order valence-corrected chi connectivity index (χ4v) is 0.962. The van der Waals surface area contributed by atoms with Crippen LogP contribution in [0.3, 0.4) is 0 Å². The first-order valence-electron chi connectivity index (χ1n) is 3.45. The summed E-state index contributed by atoms with van der Waals surface area (Å²) >= 11 is 0. The minimum absolute atomic E-state index is 0. The van der Waals surface area contributed by atoms with Crippen LogP contribution in [0.15, 0.2) is 0 Å². The molecular formula is C7H16ClNO. The number of likely N-dealkylation sites (N-methyl/N-ethyl adjacent to an activating group) is 1. The molecule has 1 saturated heterocycles. The van der Waals surface area contributed by atoms with E-state index in [1.54, 1.807) is 0 Å². The smallest absolute Gasteiger partial charge is 0.133 e. The van der Waals surface area contributed by atoms with Gasteiger partial charge in [0.25, 0.3) is 0 Å². The molecule has 0 N–H and O–H groups in total. The van der Waals surface area contributed by atoms with Gasteiger partial charge in [-0.05, 0) is 6.92 Å². The fourth-order valence-electron chi connectivity index (χ4n) is 0.962. The first-order chi connectivity index (χ1) is 3.99. The summed E-state index contributed by atoms with van der Waals surface area (Å²) in [6.07, 6.45) is 1.05. The maximum Gasteiger partial charge on any atom is 0.133 e. The van der Waals surface area contributed by atoms with Gasteiger partial charge in [-0.3, -0.25) is 0 Å². The number of ether oxygens (including phenoxy) is 1. The van der Waals surface area contributed by atoms with Gasteiger partial charge in [0.1, 0.15) is 12.6 Å². The Morgan fingerprint density at radius 3 is 1.80 bits per heavy atom. The molecule has 62 valence electrons. The van der Waals surface area contributed by atoms with Crippen molar-refractivity contribution in [2.45, 2.75) is 19.1 Å². The zero-order chi connectivity index (χ0) is 7.07. The van der Waals surface area contributed by atoms with Gasteiger partial charge in [-0.15, -0.1) is 0 Å². The van der Waals surface area contributed by atoms with Crippen LogP contribution in [0.2, 0.25) is 0 Å². The second-order valence-electron chi connectivity index (χ2n) is 3.85. The van der Waals surface area contributed by atoms with Crippen LogP contribution in [-0.4, -0.2) is 44.4 Å². The summed E-state index contributed by atoms with van der Waals surface area (Å²) in [5.41, 5.74) is 0. The molecular weight excluding hydrogens is 150 g/mol. The van der Waals surface area contributed by atoms with E-state index >= 15 is 0 Å². The van der Waals surface area contributed by atoms with E-state index in [1.165, 1.54) is 0 Å². The molecule has 0 aromatic carbocycles. The van der Waals surface area contributed by atoms with Crippen molar-refractivity contribution in [2.24, 2.45) is 0 Å². The molecule has 0 spiro atoms. The second kappa shape index (κ2) is 3.07.